The number of carbonyl (C=O) groups is 2. The second kappa shape index (κ2) is 20.1. The number of methoxy groups -OCH3 is 3. The van der Waals surface area contributed by atoms with Crippen LogP contribution in [0.4, 0.5) is 11.4 Å². The van der Waals surface area contributed by atoms with Gasteiger partial charge in [0.15, 0.2) is 0 Å². The van der Waals surface area contributed by atoms with Crippen molar-refractivity contribution in [2.45, 2.75) is 26.1 Å². The van der Waals surface area contributed by atoms with E-state index in [2.05, 4.69) is 4.99 Å². The third kappa shape index (κ3) is 10.9. The Labute approximate surface area is 311 Å². The van der Waals surface area contributed by atoms with Crippen molar-refractivity contribution in [1.29, 1.82) is 0 Å². The van der Waals surface area contributed by atoms with E-state index in [0.717, 1.165) is 28.6 Å². The predicted octanol–water partition coefficient (Wildman–Crippen LogP) is 2.16. The molecular weight excluding hydrogens is 719 g/mol. The summed E-state index contributed by atoms with van der Waals surface area (Å²) in [6.07, 6.45) is 1.52. The first-order valence-electron chi connectivity index (χ1n) is 13.9. The number of carbonyl (C=O) groups excluding carboxylic acids is 2. The second-order valence-electron chi connectivity index (χ2n) is 9.43. The van der Waals surface area contributed by atoms with Crippen LogP contribution in [0.1, 0.15) is 31.8 Å². The van der Waals surface area contributed by atoms with Gasteiger partial charge in [0.2, 0.25) is 0 Å². The number of amides is 2. The number of aliphatic imine (C=N–C) groups is 1. The van der Waals surface area contributed by atoms with E-state index in [1.165, 1.54) is 74.9 Å². The normalized spacial score (nSPS) is 17.3. The summed E-state index contributed by atoms with van der Waals surface area (Å²) in [5.41, 5.74) is 2.80. The van der Waals surface area contributed by atoms with Crippen molar-refractivity contribution in [3.63, 3.8) is 0 Å². The van der Waals surface area contributed by atoms with Gasteiger partial charge in [-0.05, 0) is 37.1 Å². The maximum atomic E-state index is 12.6. The standard InChI is InChI=1S/C13H16N2O5S.C13H14N2O2S.2Na.O4S2/c1-8-4-10(15(17)18)9(5-11(8)19-2)13(16)14-7-21-6-12(14)20-3;1-8-3-11-10(4-12(8)17-2)13(16)15-7-18-6-9(15)5-14-11;;;1-5(2)6(3)4/h4-5,12H,6-7H2,1-3H3;3-5,9H,6-7H2,1-2H3;;;/t;9-;;;/m.1.../s1. The Morgan fingerprint density at radius 1 is 0.957 bits per heavy atom. The first-order valence-corrected chi connectivity index (χ1v) is 26.9. The zero-order chi connectivity index (χ0) is 35.4. The van der Waals surface area contributed by atoms with Crippen molar-refractivity contribution in [1.82, 2.24) is 9.80 Å². The van der Waals surface area contributed by atoms with E-state index in [9.17, 15) is 19.7 Å². The topological polar surface area (TPSA) is 192 Å². The average molecular weight is 749 g/mol. The molecule has 2 fully saturated rings. The number of nitro groups is 1. The molecule has 246 valence electrons. The molecule has 1 unspecified atom stereocenters. The predicted molar refractivity (Wildman–Crippen MR) is 181 cm³/mol. The van der Waals surface area contributed by atoms with Crippen molar-refractivity contribution in [3.8, 4) is 11.5 Å². The van der Waals surface area contributed by atoms with Crippen LogP contribution in [0.3, 0.4) is 0 Å². The Morgan fingerprint density at radius 2 is 1.53 bits per heavy atom. The fourth-order valence-corrected chi connectivity index (χ4v) is 6.68. The number of rotatable bonds is 5. The van der Waals surface area contributed by atoms with Crippen LogP contribution >= 0.6 is 23.5 Å². The number of nitrogens with zero attached hydrogens (tertiary/aromatic N) is 4. The molecule has 21 heteroatoms. The zero-order valence-electron chi connectivity index (χ0n) is 26.8. The Bertz CT molecular complexity index is 1730. The quantitative estimate of drug-likeness (QED) is 0.246. The third-order valence-corrected chi connectivity index (χ3v) is 9.64. The molecule has 2 saturated heterocycles. The van der Waals surface area contributed by atoms with E-state index in [4.69, 9.17) is 31.0 Å². The summed E-state index contributed by atoms with van der Waals surface area (Å²) >= 11 is 6.20. The van der Waals surface area contributed by atoms with Crippen LogP contribution < -0.4 is 9.47 Å². The number of ether oxygens (including phenoxy) is 3. The molecule has 0 saturated carbocycles. The van der Waals surface area contributed by atoms with Gasteiger partial charge in [0.1, 0.15) is 23.3 Å². The molecule has 2 aromatic rings. The van der Waals surface area contributed by atoms with Crippen LogP contribution in [0.15, 0.2) is 29.3 Å². The number of benzene rings is 2. The van der Waals surface area contributed by atoms with Crippen LogP contribution in [0.25, 0.3) is 0 Å². The molecule has 2 amide bonds. The fraction of sp³-hybridized carbons (Fsp3) is 0.423. The van der Waals surface area contributed by atoms with Gasteiger partial charge in [0, 0.05) is 37.0 Å². The zero-order valence-corrected chi connectivity index (χ0v) is 34.0. The van der Waals surface area contributed by atoms with Gasteiger partial charge < -0.3 is 24.0 Å². The summed E-state index contributed by atoms with van der Waals surface area (Å²) in [6.45, 7) is 3.66. The van der Waals surface area contributed by atoms with Crippen molar-refractivity contribution in [2.24, 2.45) is 4.99 Å². The molecular formula is C26H30N4Na2O11S4. The third-order valence-electron chi connectivity index (χ3n) is 6.73. The number of thioether (sulfide) groups is 2. The molecule has 47 heavy (non-hydrogen) atoms. The van der Waals surface area contributed by atoms with Crippen LogP contribution in [-0.4, -0.2) is 150 Å². The van der Waals surface area contributed by atoms with E-state index in [1.807, 2.05) is 24.1 Å². The SMILES string of the molecule is COc1cc(C(=O)N2CSCC2OC)c([N+](=O)[O-])cc1C.COc1cc2c(cc1C)N=C[C@@H]1CSCN1C2=O.O=S(=O)=S(=O)=O.[Na][Na]. The van der Waals surface area contributed by atoms with Crippen molar-refractivity contribution in [2.75, 3.05) is 44.6 Å². The van der Waals surface area contributed by atoms with Crippen LogP contribution in [-0.2, 0) is 23.3 Å². The number of fused-ring (bicyclic) bond motifs is 2. The Balaban J connectivity index is 0.000000269. The average Bonchev–Trinajstić information content (AvgIpc) is 3.72. The van der Waals surface area contributed by atoms with Gasteiger partial charge in [-0.1, -0.05) is 0 Å². The van der Waals surface area contributed by atoms with Crippen molar-refractivity contribution in [3.05, 3.63) is 56.6 Å². The van der Waals surface area contributed by atoms with Gasteiger partial charge in [-0.2, -0.15) is 16.8 Å². The van der Waals surface area contributed by atoms with E-state index in [0.29, 0.717) is 28.5 Å². The fourth-order valence-electron chi connectivity index (χ4n) is 4.46. The molecule has 2 atom stereocenters. The first kappa shape index (κ1) is 41.5. The molecule has 0 radical (unpaired) electrons. The minimum atomic E-state index is -2.95. The summed E-state index contributed by atoms with van der Waals surface area (Å²) in [5.74, 6) is 3.59. The summed E-state index contributed by atoms with van der Waals surface area (Å²) in [5, 5.41) is 11.2. The van der Waals surface area contributed by atoms with Crippen molar-refractivity contribution >= 4 is 115 Å². The molecule has 0 aromatic heterocycles. The number of aryl methyl sites for hydroxylation is 2. The molecule has 0 aliphatic carbocycles. The van der Waals surface area contributed by atoms with E-state index in [1.54, 1.807) is 43.6 Å². The summed E-state index contributed by atoms with van der Waals surface area (Å²) in [7, 11) is -1.30. The Morgan fingerprint density at radius 3 is 2.09 bits per heavy atom. The molecule has 3 heterocycles. The van der Waals surface area contributed by atoms with Gasteiger partial charge in [-0.3, -0.25) is 24.7 Å². The van der Waals surface area contributed by atoms with E-state index < -0.39 is 29.4 Å². The molecule has 3 aliphatic heterocycles. The van der Waals surface area contributed by atoms with Gasteiger partial charge in [0.25, 0.3) is 17.5 Å². The maximum absolute atomic E-state index is 12.6. The van der Waals surface area contributed by atoms with Gasteiger partial charge >= 0.3 is 62.1 Å². The Kier molecular flexibility index (Phi) is 17.8. The molecule has 3 aliphatic rings. The van der Waals surface area contributed by atoms with Crippen LogP contribution in [0.2, 0.25) is 0 Å². The molecule has 0 N–H and O–H groups in total. The van der Waals surface area contributed by atoms with Crippen molar-refractivity contribution < 1.29 is 45.6 Å². The number of hydrogen-bond acceptors (Lipinski definition) is 14. The Hall–Kier alpha value is -1.65. The van der Waals surface area contributed by atoms with Gasteiger partial charge in [0.05, 0.1) is 48.2 Å². The molecule has 2 aromatic carbocycles. The monoisotopic (exact) mass is 748 g/mol. The van der Waals surface area contributed by atoms with E-state index in [-0.39, 0.29) is 29.4 Å². The first-order chi connectivity index (χ1) is 22.3. The molecule has 0 bridgehead atoms. The van der Waals surface area contributed by atoms with E-state index >= 15 is 0 Å². The summed E-state index contributed by atoms with van der Waals surface area (Å²) in [6, 6.07) is 6.62. The molecule has 15 nitrogen and oxygen atoms in total. The van der Waals surface area contributed by atoms with Crippen LogP contribution in [0, 0.1) is 24.0 Å². The van der Waals surface area contributed by atoms with Gasteiger partial charge in [-0.15, -0.1) is 23.5 Å². The molecule has 0 spiro atoms. The second-order valence-corrected chi connectivity index (χ2v) is 13.9. The summed E-state index contributed by atoms with van der Waals surface area (Å²) in [4.78, 5) is 43.5. The van der Waals surface area contributed by atoms with Crippen LogP contribution in [0.5, 0.6) is 11.5 Å². The number of nitro benzene ring substituents is 1. The molecule has 5 rings (SSSR count). The minimum absolute atomic E-state index is 0.0204. The summed E-state index contributed by atoms with van der Waals surface area (Å²) < 4.78 is 52.0. The number of hydrogen-bond donors (Lipinski definition) is 0. The van der Waals surface area contributed by atoms with Gasteiger partial charge in [-0.25, -0.2) is 0 Å².